The predicted octanol–water partition coefficient (Wildman–Crippen LogP) is 3.42. The lowest BCUT2D eigenvalue weighted by Crippen LogP contribution is -2.18. The van der Waals surface area contributed by atoms with Crippen LogP contribution < -0.4 is 11.1 Å². The lowest BCUT2D eigenvalue weighted by atomic mass is 10.1. The molecule has 1 aliphatic rings. The summed E-state index contributed by atoms with van der Waals surface area (Å²) in [6, 6.07) is 6.79. The Balaban J connectivity index is 1.71. The molecule has 1 heterocycles. The first-order valence-corrected chi connectivity index (χ1v) is 7.31. The highest BCUT2D eigenvalue weighted by Crippen LogP contribution is 2.32. The summed E-state index contributed by atoms with van der Waals surface area (Å²) < 4.78 is 0. The zero-order valence-electron chi connectivity index (χ0n) is 10.6. The van der Waals surface area contributed by atoms with E-state index in [1.54, 1.807) is 11.3 Å². The van der Waals surface area contributed by atoms with E-state index in [2.05, 4.69) is 35.1 Å². The Labute approximate surface area is 112 Å². The van der Waals surface area contributed by atoms with Crippen LogP contribution in [0.25, 0.3) is 0 Å². The number of hydrogen-bond acceptors (Lipinski definition) is 3. The second-order valence-electron chi connectivity index (χ2n) is 5.01. The van der Waals surface area contributed by atoms with Gasteiger partial charge in [-0.3, -0.25) is 0 Å². The average molecular weight is 258 g/mol. The molecule has 3 heteroatoms. The van der Waals surface area contributed by atoms with Gasteiger partial charge in [0.05, 0.1) is 0 Å². The summed E-state index contributed by atoms with van der Waals surface area (Å²) in [5.74, 6) is 0. The van der Waals surface area contributed by atoms with Crippen LogP contribution in [0.4, 0.5) is 5.69 Å². The summed E-state index contributed by atoms with van der Waals surface area (Å²) in [6.07, 6.45) is 2.32. The summed E-state index contributed by atoms with van der Waals surface area (Å²) in [5, 5.41) is 8.11. The van der Waals surface area contributed by atoms with Crippen LogP contribution in [0.2, 0.25) is 0 Å². The minimum atomic E-state index is 0.486. The van der Waals surface area contributed by atoms with Crippen LogP contribution in [-0.4, -0.2) is 0 Å². The first-order chi connectivity index (χ1) is 8.74. The lowest BCUT2D eigenvalue weighted by Gasteiger charge is -2.14. The van der Waals surface area contributed by atoms with E-state index in [0.717, 1.165) is 18.7 Å². The van der Waals surface area contributed by atoms with Crippen molar-refractivity contribution in [2.45, 2.75) is 32.4 Å². The van der Waals surface area contributed by atoms with Crippen LogP contribution in [-0.2, 0) is 13.0 Å². The Morgan fingerprint density at radius 3 is 3.06 bits per heavy atom. The van der Waals surface area contributed by atoms with Crippen molar-refractivity contribution in [3.8, 4) is 0 Å². The van der Waals surface area contributed by atoms with Crippen molar-refractivity contribution >= 4 is 17.0 Å². The van der Waals surface area contributed by atoms with E-state index in [-0.39, 0.29) is 0 Å². The zero-order chi connectivity index (χ0) is 12.5. The van der Waals surface area contributed by atoms with Crippen LogP contribution in [0.3, 0.4) is 0 Å². The number of anilines is 1. The Kier molecular flexibility index (Phi) is 3.10. The van der Waals surface area contributed by atoms with Gasteiger partial charge in [-0.15, -0.1) is 0 Å². The molecule has 1 aliphatic carbocycles. The molecule has 3 N–H and O–H groups in total. The minimum absolute atomic E-state index is 0.486. The van der Waals surface area contributed by atoms with Crippen molar-refractivity contribution in [2.75, 3.05) is 5.73 Å². The van der Waals surface area contributed by atoms with Gasteiger partial charge in [-0.2, -0.15) is 11.3 Å². The standard InChI is InChI=1S/C15H18N2S/c1-10-8-18-9-12(10)7-17-15-5-2-11-6-13(16)3-4-14(11)15/h3-4,6,8-9,15,17H,2,5,7,16H2,1H3. The lowest BCUT2D eigenvalue weighted by molar-refractivity contribution is 0.530. The normalized spacial score (nSPS) is 17.9. The quantitative estimate of drug-likeness (QED) is 0.828. The Bertz CT molecular complexity index is 559. The van der Waals surface area contributed by atoms with Crippen molar-refractivity contribution in [1.29, 1.82) is 0 Å². The van der Waals surface area contributed by atoms with Crippen molar-refractivity contribution in [3.05, 3.63) is 51.2 Å². The van der Waals surface area contributed by atoms with Crippen LogP contribution in [0.1, 0.15) is 34.7 Å². The maximum absolute atomic E-state index is 5.83. The first kappa shape index (κ1) is 11.8. The SMILES string of the molecule is Cc1cscc1CNC1CCc2cc(N)ccc21. The molecule has 1 atom stereocenters. The fourth-order valence-electron chi connectivity index (χ4n) is 2.65. The minimum Gasteiger partial charge on any atom is -0.399 e. The molecule has 94 valence electrons. The first-order valence-electron chi connectivity index (χ1n) is 6.37. The Morgan fingerprint density at radius 2 is 2.28 bits per heavy atom. The van der Waals surface area contributed by atoms with Gasteiger partial charge in [0, 0.05) is 18.3 Å². The maximum Gasteiger partial charge on any atom is 0.0329 e. The number of benzene rings is 1. The van der Waals surface area contributed by atoms with E-state index in [0.29, 0.717) is 6.04 Å². The molecule has 18 heavy (non-hydrogen) atoms. The van der Waals surface area contributed by atoms with E-state index in [4.69, 9.17) is 5.73 Å². The molecule has 2 aromatic rings. The topological polar surface area (TPSA) is 38.0 Å². The molecule has 3 rings (SSSR count). The van der Waals surface area contributed by atoms with Gasteiger partial charge in [-0.25, -0.2) is 0 Å². The van der Waals surface area contributed by atoms with Gasteiger partial charge in [0.25, 0.3) is 0 Å². The number of thiophene rings is 1. The Morgan fingerprint density at radius 1 is 1.39 bits per heavy atom. The number of nitrogens with one attached hydrogen (secondary N) is 1. The molecular formula is C15H18N2S. The molecule has 2 nitrogen and oxygen atoms in total. The molecule has 1 unspecified atom stereocenters. The Hall–Kier alpha value is -1.32. The van der Waals surface area contributed by atoms with Gasteiger partial charge in [0.2, 0.25) is 0 Å². The third-order valence-electron chi connectivity index (χ3n) is 3.75. The largest absolute Gasteiger partial charge is 0.399 e. The van der Waals surface area contributed by atoms with Gasteiger partial charge in [-0.05, 0) is 64.9 Å². The zero-order valence-corrected chi connectivity index (χ0v) is 11.4. The van der Waals surface area contributed by atoms with Crippen molar-refractivity contribution in [3.63, 3.8) is 0 Å². The highest BCUT2D eigenvalue weighted by molar-refractivity contribution is 7.08. The van der Waals surface area contributed by atoms with Crippen molar-refractivity contribution in [1.82, 2.24) is 5.32 Å². The summed E-state index contributed by atoms with van der Waals surface area (Å²) in [5.41, 5.74) is 12.4. The molecule has 0 aliphatic heterocycles. The highest BCUT2D eigenvalue weighted by atomic mass is 32.1. The summed E-state index contributed by atoms with van der Waals surface area (Å²) in [7, 11) is 0. The number of fused-ring (bicyclic) bond motifs is 1. The molecular weight excluding hydrogens is 240 g/mol. The van der Waals surface area contributed by atoms with E-state index >= 15 is 0 Å². The maximum atomic E-state index is 5.83. The van der Waals surface area contributed by atoms with E-state index in [9.17, 15) is 0 Å². The fourth-order valence-corrected chi connectivity index (χ4v) is 3.51. The van der Waals surface area contributed by atoms with Gasteiger partial charge in [0.15, 0.2) is 0 Å². The van der Waals surface area contributed by atoms with Gasteiger partial charge in [0.1, 0.15) is 0 Å². The molecule has 0 spiro atoms. The third kappa shape index (κ3) is 2.16. The second kappa shape index (κ2) is 4.75. The van der Waals surface area contributed by atoms with Crippen LogP contribution in [0, 0.1) is 6.92 Å². The smallest absolute Gasteiger partial charge is 0.0329 e. The second-order valence-corrected chi connectivity index (χ2v) is 5.75. The molecule has 0 amide bonds. The fraction of sp³-hybridized carbons (Fsp3) is 0.333. The van der Waals surface area contributed by atoms with Crippen molar-refractivity contribution < 1.29 is 0 Å². The van der Waals surface area contributed by atoms with Gasteiger partial charge < -0.3 is 11.1 Å². The van der Waals surface area contributed by atoms with Crippen LogP contribution in [0.5, 0.6) is 0 Å². The molecule has 0 radical (unpaired) electrons. The molecule has 0 bridgehead atoms. The number of nitrogens with two attached hydrogens (primary N) is 1. The predicted molar refractivity (Wildman–Crippen MR) is 77.8 cm³/mol. The molecule has 1 aromatic carbocycles. The highest BCUT2D eigenvalue weighted by Gasteiger charge is 2.21. The third-order valence-corrected chi connectivity index (χ3v) is 4.66. The summed E-state index contributed by atoms with van der Waals surface area (Å²) in [4.78, 5) is 0. The number of rotatable bonds is 3. The molecule has 1 aromatic heterocycles. The van der Waals surface area contributed by atoms with E-state index in [1.165, 1.54) is 28.7 Å². The summed E-state index contributed by atoms with van der Waals surface area (Å²) >= 11 is 1.78. The number of nitrogen functional groups attached to an aromatic ring is 1. The van der Waals surface area contributed by atoms with E-state index < -0.39 is 0 Å². The van der Waals surface area contributed by atoms with Crippen LogP contribution in [0.15, 0.2) is 29.0 Å². The average Bonchev–Trinajstić information content (AvgIpc) is 2.93. The molecule has 0 saturated heterocycles. The monoisotopic (exact) mass is 258 g/mol. The van der Waals surface area contributed by atoms with E-state index in [1.807, 2.05) is 6.07 Å². The van der Waals surface area contributed by atoms with Crippen LogP contribution >= 0.6 is 11.3 Å². The molecule has 0 fully saturated rings. The van der Waals surface area contributed by atoms with Gasteiger partial charge in [-0.1, -0.05) is 6.07 Å². The summed E-state index contributed by atoms with van der Waals surface area (Å²) in [6.45, 7) is 3.14. The molecule has 0 saturated carbocycles. The van der Waals surface area contributed by atoms with Crippen molar-refractivity contribution in [2.24, 2.45) is 0 Å². The number of hydrogen-bond donors (Lipinski definition) is 2. The van der Waals surface area contributed by atoms with Gasteiger partial charge >= 0.3 is 0 Å². The number of aryl methyl sites for hydroxylation is 2.